The van der Waals surface area contributed by atoms with Crippen LogP contribution >= 0.6 is 31.9 Å². The van der Waals surface area contributed by atoms with Gasteiger partial charge in [0.2, 0.25) is 5.75 Å². The Morgan fingerprint density at radius 2 is 1.69 bits per heavy atom. The van der Waals surface area contributed by atoms with Crippen LogP contribution < -0.4 is 25.0 Å². The number of carbonyl (C=O) groups is 2. The summed E-state index contributed by atoms with van der Waals surface area (Å²) in [5.41, 5.74) is 4.13. The number of benzene rings is 3. The van der Waals surface area contributed by atoms with Gasteiger partial charge in [-0.15, -0.1) is 0 Å². The van der Waals surface area contributed by atoms with E-state index in [4.69, 9.17) is 14.2 Å². The van der Waals surface area contributed by atoms with Gasteiger partial charge in [-0.1, -0.05) is 28.1 Å². The number of nitrogens with zero attached hydrogens (tertiary/aromatic N) is 1. The molecule has 0 fully saturated rings. The standard InChI is InChI=1S/C24H21Br2N3O6/c1-33-18-8-12(9-19(34-2)21(18)35-3)23(31)28-29-22(15-10-13(25)11-16(26)20(15)30)27-17-7-5-4-6-14(17)24(29)32/h4-11,22,27,30H,1-3H3,(H,28,31)/t22-/m1/s1. The number of nitrogens with one attached hydrogen (secondary N) is 2. The van der Waals surface area contributed by atoms with Crippen molar-refractivity contribution in [3.8, 4) is 23.0 Å². The number of phenolic OH excluding ortho intramolecular Hbond substituents is 1. The summed E-state index contributed by atoms with van der Waals surface area (Å²) in [6.45, 7) is 0. The van der Waals surface area contributed by atoms with Gasteiger partial charge in [-0.3, -0.25) is 15.0 Å². The van der Waals surface area contributed by atoms with Gasteiger partial charge in [0.25, 0.3) is 11.8 Å². The smallest absolute Gasteiger partial charge is 0.276 e. The maximum Gasteiger partial charge on any atom is 0.276 e. The minimum Gasteiger partial charge on any atom is -0.506 e. The van der Waals surface area contributed by atoms with Crippen LogP contribution in [0.2, 0.25) is 0 Å². The molecule has 1 atom stereocenters. The number of rotatable bonds is 6. The quantitative estimate of drug-likeness (QED) is 0.368. The highest BCUT2D eigenvalue weighted by molar-refractivity contribution is 9.11. The van der Waals surface area contributed by atoms with Crippen molar-refractivity contribution in [2.45, 2.75) is 6.17 Å². The highest BCUT2D eigenvalue weighted by atomic mass is 79.9. The fourth-order valence-corrected chi connectivity index (χ4v) is 5.03. The summed E-state index contributed by atoms with van der Waals surface area (Å²) in [5, 5.41) is 15.1. The lowest BCUT2D eigenvalue weighted by Gasteiger charge is -2.38. The molecule has 182 valence electrons. The van der Waals surface area contributed by atoms with E-state index in [-0.39, 0.29) is 22.8 Å². The second-order valence-corrected chi connectivity index (χ2v) is 9.22. The maximum absolute atomic E-state index is 13.5. The van der Waals surface area contributed by atoms with Gasteiger partial charge in [-0.05, 0) is 52.3 Å². The summed E-state index contributed by atoms with van der Waals surface area (Å²) in [4.78, 5) is 26.8. The van der Waals surface area contributed by atoms with Crippen LogP contribution in [0.3, 0.4) is 0 Å². The molecule has 0 saturated carbocycles. The van der Waals surface area contributed by atoms with Gasteiger partial charge in [-0.25, -0.2) is 5.01 Å². The maximum atomic E-state index is 13.5. The Kier molecular flexibility index (Phi) is 7.08. The number of methoxy groups -OCH3 is 3. The molecule has 4 rings (SSSR count). The molecule has 0 unspecified atom stereocenters. The number of carbonyl (C=O) groups excluding carboxylic acids is 2. The van der Waals surface area contributed by atoms with E-state index in [1.807, 2.05) is 0 Å². The summed E-state index contributed by atoms with van der Waals surface area (Å²) in [6.07, 6.45) is -0.919. The van der Waals surface area contributed by atoms with E-state index in [0.29, 0.717) is 31.5 Å². The molecule has 35 heavy (non-hydrogen) atoms. The number of amides is 2. The molecule has 3 N–H and O–H groups in total. The third kappa shape index (κ3) is 4.61. The Bertz CT molecular complexity index is 1290. The van der Waals surface area contributed by atoms with Crippen LogP contribution in [0.1, 0.15) is 32.4 Å². The summed E-state index contributed by atoms with van der Waals surface area (Å²) in [6, 6.07) is 13.2. The minimum atomic E-state index is -0.919. The van der Waals surface area contributed by atoms with Crippen molar-refractivity contribution in [1.82, 2.24) is 10.4 Å². The van der Waals surface area contributed by atoms with Gasteiger partial charge in [-0.2, -0.15) is 0 Å². The zero-order chi connectivity index (χ0) is 25.3. The van der Waals surface area contributed by atoms with E-state index in [2.05, 4.69) is 42.6 Å². The molecule has 0 spiro atoms. The number of fused-ring (bicyclic) bond motifs is 1. The molecular weight excluding hydrogens is 586 g/mol. The van der Waals surface area contributed by atoms with Gasteiger partial charge < -0.3 is 24.6 Å². The van der Waals surface area contributed by atoms with Crippen LogP contribution in [0.25, 0.3) is 0 Å². The van der Waals surface area contributed by atoms with E-state index in [9.17, 15) is 14.7 Å². The molecule has 0 aromatic heterocycles. The number of phenols is 1. The lowest BCUT2D eigenvalue weighted by Crippen LogP contribution is -2.52. The van der Waals surface area contributed by atoms with Gasteiger partial charge in [0, 0.05) is 21.3 Å². The van der Waals surface area contributed by atoms with E-state index in [0.717, 1.165) is 5.01 Å². The third-order valence-corrected chi connectivity index (χ3v) is 6.49. The average Bonchev–Trinajstić information content (AvgIpc) is 2.86. The monoisotopic (exact) mass is 605 g/mol. The number of para-hydroxylation sites is 1. The Labute approximate surface area is 218 Å². The molecule has 0 saturated heterocycles. The Hall–Kier alpha value is -3.44. The van der Waals surface area contributed by atoms with Crippen molar-refractivity contribution in [3.05, 3.63) is 74.2 Å². The molecule has 11 heteroatoms. The number of hydrogen-bond donors (Lipinski definition) is 3. The highest BCUT2D eigenvalue weighted by Crippen LogP contribution is 2.41. The van der Waals surface area contributed by atoms with Crippen LogP contribution in [0.4, 0.5) is 5.69 Å². The summed E-state index contributed by atoms with van der Waals surface area (Å²) in [5.74, 6) is -0.230. The second-order valence-electron chi connectivity index (χ2n) is 7.45. The number of ether oxygens (including phenoxy) is 3. The van der Waals surface area contributed by atoms with Gasteiger partial charge in [0.15, 0.2) is 17.7 Å². The van der Waals surface area contributed by atoms with Crippen molar-refractivity contribution in [1.29, 1.82) is 0 Å². The van der Waals surface area contributed by atoms with Crippen molar-refractivity contribution < 1.29 is 28.9 Å². The number of halogens is 2. The second kappa shape index (κ2) is 10.0. The van der Waals surface area contributed by atoms with Gasteiger partial charge >= 0.3 is 0 Å². The molecule has 0 aliphatic carbocycles. The molecular formula is C24H21Br2N3O6. The normalized spacial score (nSPS) is 14.6. The summed E-state index contributed by atoms with van der Waals surface area (Å²) in [7, 11) is 4.35. The number of hydrogen-bond acceptors (Lipinski definition) is 7. The molecule has 1 aliphatic heterocycles. The first-order valence-corrected chi connectivity index (χ1v) is 11.9. The van der Waals surface area contributed by atoms with Crippen molar-refractivity contribution in [3.63, 3.8) is 0 Å². The molecule has 3 aromatic rings. The largest absolute Gasteiger partial charge is 0.506 e. The Morgan fingerprint density at radius 1 is 1.03 bits per heavy atom. The average molecular weight is 607 g/mol. The molecule has 2 amide bonds. The van der Waals surface area contributed by atoms with Crippen LogP contribution in [0, 0.1) is 0 Å². The van der Waals surface area contributed by atoms with E-state index in [1.165, 1.54) is 33.5 Å². The van der Waals surface area contributed by atoms with Gasteiger partial charge in [0.05, 0.1) is 31.4 Å². The fourth-order valence-electron chi connectivity index (χ4n) is 3.77. The topological polar surface area (TPSA) is 109 Å². The number of anilines is 1. The van der Waals surface area contributed by atoms with Gasteiger partial charge in [0.1, 0.15) is 5.75 Å². The lowest BCUT2D eigenvalue weighted by molar-refractivity contribution is 0.0488. The van der Waals surface area contributed by atoms with Crippen molar-refractivity contribution in [2.24, 2.45) is 0 Å². The third-order valence-electron chi connectivity index (χ3n) is 5.43. The molecule has 0 radical (unpaired) electrons. The molecule has 1 heterocycles. The molecule has 9 nitrogen and oxygen atoms in total. The predicted molar refractivity (Wildman–Crippen MR) is 136 cm³/mol. The van der Waals surface area contributed by atoms with Crippen molar-refractivity contribution in [2.75, 3.05) is 26.6 Å². The highest BCUT2D eigenvalue weighted by Gasteiger charge is 2.36. The minimum absolute atomic E-state index is 0.0788. The zero-order valence-corrected chi connectivity index (χ0v) is 22.1. The molecule has 3 aromatic carbocycles. The predicted octanol–water partition coefficient (Wildman–Crippen LogP) is 4.85. The fraction of sp³-hybridized carbons (Fsp3) is 0.167. The summed E-state index contributed by atoms with van der Waals surface area (Å²) >= 11 is 6.74. The number of hydrazine groups is 1. The molecule has 0 bridgehead atoms. The van der Waals surface area contributed by atoms with Crippen LogP contribution in [0.5, 0.6) is 23.0 Å². The molecule has 1 aliphatic rings. The number of aromatic hydroxyl groups is 1. The first kappa shape index (κ1) is 24.7. The first-order valence-electron chi connectivity index (χ1n) is 10.3. The lowest BCUT2D eigenvalue weighted by atomic mass is 10.0. The van der Waals surface area contributed by atoms with Crippen LogP contribution in [-0.2, 0) is 0 Å². The Balaban J connectivity index is 1.78. The van der Waals surface area contributed by atoms with Crippen molar-refractivity contribution >= 4 is 49.4 Å². The van der Waals surface area contributed by atoms with Crippen LogP contribution in [0.15, 0.2) is 57.5 Å². The van der Waals surface area contributed by atoms with E-state index in [1.54, 1.807) is 36.4 Å². The van der Waals surface area contributed by atoms with Crippen LogP contribution in [-0.4, -0.2) is 43.3 Å². The van der Waals surface area contributed by atoms with E-state index >= 15 is 0 Å². The summed E-state index contributed by atoms with van der Waals surface area (Å²) < 4.78 is 17.1. The Morgan fingerprint density at radius 3 is 2.31 bits per heavy atom. The van der Waals surface area contributed by atoms with E-state index < -0.39 is 18.0 Å². The first-order chi connectivity index (χ1) is 16.8. The SMILES string of the molecule is COc1cc(C(=O)NN2C(=O)c3ccccc3N[C@H]2c2cc(Br)cc(Br)c2O)cc(OC)c1OC. The zero-order valence-electron chi connectivity index (χ0n) is 18.9.